The van der Waals surface area contributed by atoms with E-state index in [-0.39, 0.29) is 11.7 Å². The quantitative estimate of drug-likeness (QED) is 0.727. The summed E-state index contributed by atoms with van der Waals surface area (Å²) in [5, 5.41) is 6.73. The van der Waals surface area contributed by atoms with Crippen molar-refractivity contribution in [1.82, 2.24) is 20.1 Å². The fraction of sp³-hybridized carbons (Fsp3) is 0.318. The van der Waals surface area contributed by atoms with Gasteiger partial charge in [0, 0.05) is 18.7 Å². The Morgan fingerprint density at radius 2 is 2.00 bits per heavy atom. The van der Waals surface area contributed by atoms with Crippen LogP contribution in [0.2, 0.25) is 0 Å². The molecule has 144 valence electrons. The maximum Gasteiger partial charge on any atom is 0.254 e. The summed E-state index contributed by atoms with van der Waals surface area (Å²) in [4.78, 5) is 19.3. The molecule has 5 nitrogen and oxygen atoms in total. The van der Waals surface area contributed by atoms with Crippen LogP contribution < -0.4 is 0 Å². The number of piperidine rings is 1. The summed E-state index contributed by atoms with van der Waals surface area (Å²) >= 11 is 0. The number of amides is 1. The van der Waals surface area contributed by atoms with Gasteiger partial charge < -0.3 is 4.90 Å². The van der Waals surface area contributed by atoms with Crippen LogP contribution in [-0.2, 0) is 6.42 Å². The van der Waals surface area contributed by atoms with Crippen LogP contribution in [0.4, 0.5) is 4.39 Å². The molecule has 1 aromatic heterocycles. The first-order valence-electron chi connectivity index (χ1n) is 9.70. The van der Waals surface area contributed by atoms with Gasteiger partial charge in [0.2, 0.25) is 0 Å². The number of carbonyl (C=O) groups excluding carboxylic acids is 1. The Kier molecular flexibility index (Phi) is 5.46. The number of likely N-dealkylation sites (tertiary alicyclic amines) is 1. The number of hydrogen-bond acceptors (Lipinski definition) is 3. The SMILES string of the molecule is O=C(c1ccccc1-c1ncn[nH]1)N1CCC[C@@H](CCc2ccccc2F)C1. The number of halogens is 1. The fourth-order valence-corrected chi connectivity index (χ4v) is 3.93. The Morgan fingerprint density at radius 3 is 2.82 bits per heavy atom. The van der Waals surface area contributed by atoms with Crippen molar-refractivity contribution in [3.63, 3.8) is 0 Å². The molecule has 4 rings (SSSR count). The molecule has 1 atom stereocenters. The van der Waals surface area contributed by atoms with Crippen LogP contribution in [0.3, 0.4) is 0 Å². The van der Waals surface area contributed by atoms with E-state index >= 15 is 0 Å². The highest BCUT2D eigenvalue weighted by Crippen LogP contribution is 2.26. The average molecular weight is 378 g/mol. The molecule has 1 fully saturated rings. The highest BCUT2D eigenvalue weighted by molar-refractivity contribution is 6.00. The van der Waals surface area contributed by atoms with Crippen molar-refractivity contribution >= 4 is 5.91 Å². The lowest BCUT2D eigenvalue weighted by Crippen LogP contribution is -2.40. The number of carbonyl (C=O) groups is 1. The first-order valence-corrected chi connectivity index (χ1v) is 9.70. The number of aromatic nitrogens is 3. The molecule has 1 N–H and O–H groups in total. The topological polar surface area (TPSA) is 61.9 Å². The van der Waals surface area contributed by atoms with E-state index in [4.69, 9.17) is 0 Å². The molecule has 28 heavy (non-hydrogen) atoms. The molecule has 0 bridgehead atoms. The van der Waals surface area contributed by atoms with Gasteiger partial charge in [0.1, 0.15) is 12.1 Å². The molecule has 0 radical (unpaired) electrons. The van der Waals surface area contributed by atoms with Crippen LogP contribution in [0, 0.1) is 11.7 Å². The molecule has 0 unspecified atom stereocenters. The third-order valence-corrected chi connectivity index (χ3v) is 5.41. The van der Waals surface area contributed by atoms with E-state index in [2.05, 4.69) is 15.2 Å². The Morgan fingerprint density at radius 1 is 1.18 bits per heavy atom. The van der Waals surface area contributed by atoms with E-state index < -0.39 is 0 Å². The number of nitrogens with one attached hydrogen (secondary N) is 1. The zero-order chi connectivity index (χ0) is 19.3. The van der Waals surface area contributed by atoms with Crippen molar-refractivity contribution in [2.24, 2.45) is 5.92 Å². The molecule has 0 aliphatic carbocycles. The van der Waals surface area contributed by atoms with Crippen LogP contribution >= 0.6 is 0 Å². The van der Waals surface area contributed by atoms with Crippen molar-refractivity contribution in [2.45, 2.75) is 25.7 Å². The molecule has 6 heteroatoms. The molecule has 1 aliphatic rings. The van der Waals surface area contributed by atoms with Gasteiger partial charge in [-0.15, -0.1) is 0 Å². The first kappa shape index (κ1) is 18.3. The zero-order valence-electron chi connectivity index (χ0n) is 15.6. The second-order valence-electron chi connectivity index (χ2n) is 7.27. The highest BCUT2D eigenvalue weighted by atomic mass is 19.1. The maximum absolute atomic E-state index is 13.9. The molecule has 2 aromatic carbocycles. The summed E-state index contributed by atoms with van der Waals surface area (Å²) in [6, 6.07) is 14.4. The molecule has 1 amide bonds. The standard InChI is InChI=1S/C22H23FN4O/c23-20-10-4-1-7-17(20)12-11-16-6-5-13-27(14-16)22(28)19-9-3-2-8-18(19)21-24-15-25-26-21/h1-4,7-10,15-16H,5-6,11-14H2,(H,24,25,26)/t16-/m0/s1. The summed E-state index contributed by atoms with van der Waals surface area (Å²) < 4.78 is 13.9. The van der Waals surface area contributed by atoms with Gasteiger partial charge >= 0.3 is 0 Å². The Labute approximate surface area is 163 Å². The third-order valence-electron chi connectivity index (χ3n) is 5.41. The number of rotatable bonds is 5. The van der Waals surface area contributed by atoms with Crippen molar-refractivity contribution in [2.75, 3.05) is 13.1 Å². The van der Waals surface area contributed by atoms with Crippen molar-refractivity contribution in [1.29, 1.82) is 0 Å². The van der Waals surface area contributed by atoms with Crippen molar-refractivity contribution in [3.05, 3.63) is 71.8 Å². The minimum atomic E-state index is -0.146. The molecule has 1 saturated heterocycles. The van der Waals surface area contributed by atoms with Gasteiger partial charge in [-0.1, -0.05) is 36.4 Å². The van der Waals surface area contributed by atoms with E-state index in [0.29, 0.717) is 30.3 Å². The second-order valence-corrected chi connectivity index (χ2v) is 7.27. The lowest BCUT2D eigenvalue weighted by Gasteiger charge is -2.33. The number of aromatic amines is 1. The predicted molar refractivity (Wildman–Crippen MR) is 105 cm³/mol. The summed E-state index contributed by atoms with van der Waals surface area (Å²) in [6.45, 7) is 1.46. The maximum atomic E-state index is 13.9. The van der Waals surface area contributed by atoms with E-state index in [1.165, 1.54) is 12.4 Å². The smallest absolute Gasteiger partial charge is 0.254 e. The number of aryl methyl sites for hydroxylation is 1. The Balaban J connectivity index is 1.45. The van der Waals surface area contributed by atoms with Gasteiger partial charge in [0.05, 0.1) is 5.56 Å². The lowest BCUT2D eigenvalue weighted by molar-refractivity contribution is 0.0669. The average Bonchev–Trinajstić information content (AvgIpc) is 3.28. The van der Waals surface area contributed by atoms with E-state index in [1.54, 1.807) is 6.07 Å². The summed E-state index contributed by atoms with van der Waals surface area (Å²) in [5.41, 5.74) is 2.15. The van der Waals surface area contributed by atoms with Gasteiger partial charge in [0.25, 0.3) is 5.91 Å². The summed E-state index contributed by atoms with van der Waals surface area (Å²) in [7, 11) is 0. The van der Waals surface area contributed by atoms with Crippen molar-refractivity contribution in [3.8, 4) is 11.4 Å². The molecule has 0 spiro atoms. The van der Waals surface area contributed by atoms with Gasteiger partial charge in [-0.2, -0.15) is 5.10 Å². The number of nitrogens with zero attached hydrogens (tertiary/aromatic N) is 3. The molecule has 1 aliphatic heterocycles. The zero-order valence-corrected chi connectivity index (χ0v) is 15.6. The highest BCUT2D eigenvalue weighted by Gasteiger charge is 2.26. The number of H-pyrrole nitrogens is 1. The summed E-state index contributed by atoms with van der Waals surface area (Å²) in [5.74, 6) is 0.849. The van der Waals surface area contributed by atoms with Gasteiger partial charge in [0.15, 0.2) is 5.82 Å². The molecule has 3 aromatic rings. The van der Waals surface area contributed by atoms with E-state index in [1.807, 2.05) is 41.3 Å². The van der Waals surface area contributed by atoms with Crippen LogP contribution in [0.5, 0.6) is 0 Å². The largest absolute Gasteiger partial charge is 0.338 e. The minimum Gasteiger partial charge on any atom is -0.338 e. The van der Waals surface area contributed by atoms with Crippen LogP contribution in [-0.4, -0.2) is 39.1 Å². The van der Waals surface area contributed by atoms with Crippen LogP contribution in [0.25, 0.3) is 11.4 Å². The lowest BCUT2D eigenvalue weighted by atomic mass is 9.91. The molecule has 0 saturated carbocycles. The first-order chi connectivity index (χ1) is 13.7. The number of hydrogen-bond donors (Lipinski definition) is 1. The predicted octanol–water partition coefficient (Wildman–Crippen LogP) is 4.10. The van der Waals surface area contributed by atoms with E-state index in [0.717, 1.165) is 36.9 Å². The molecular formula is C22H23FN4O. The molecular weight excluding hydrogens is 355 g/mol. The fourth-order valence-electron chi connectivity index (χ4n) is 3.93. The van der Waals surface area contributed by atoms with E-state index in [9.17, 15) is 9.18 Å². The van der Waals surface area contributed by atoms with Crippen LogP contribution in [0.1, 0.15) is 35.2 Å². The Hall–Kier alpha value is -3.02. The normalized spacial score (nSPS) is 16.9. The van der Waals surface area contributed by atoms with Crippen LogP contribution in [0.15, 0.2) is 54.9 Å². The van der Waals surface area contributed by atoms with Gasteiger partial charge in [-0.05, 0) is 49.3 Å². The van der Waals surface area contributed by atoms with Gasteiger partial charge in [-0.25, -0.2) is 9.37 Å². The number of benzene rings is 2. The minimum absolute atomic E-state index is 0.0163. The van der Waals surface area contributed by atoms with Gasteiger partial charge in [-0.3, -0.25) is 9.89 Å². The second kappa shape index (κ2) is 8.33. The monoisotopic (exact) mass is 378 g/mol. The third kappa shape index (κ3) is 3.96. The molecule has 2 heterocycles. The van der Waals surface area contributed by atoms with Crippen molar-refractivity contribution < 1.29 is 9.18 Å². The summed E-state index contributed by atoms with van der Waals surface area (Å²) in [6.07, 6.45) is 5.07. The Bertz CT molecular complexity index is 941.